The van der Waals surface area contributed by atoms with E-state index in [0.29, 0.717) is 5.92 Å². The Morgan fingerprint density at radius 3 is 2.10 bits per heavy atom. The van der Waals surface area contributed by atoms with Gasteiger partial charge in [-0.15, -0.1) is 0 Å². The lowest BCUT2D eigenvalue weighted by molar-refractivity contribution is 0.261. The highest BCUT2D eigenvalue weighted by Gasteiger charge is 2.11. The summed E-state index contributed by atoms with van der Waals surface area (Å²) in [4.78, 5) is 2.12. The van der Waals surface area contributed by atoms with E-state index in [4.69, 9.17) is 4.74 Å². The number of ether oxygens (including phenoxy) is 1. The van der Waals surface area contributed by atoms with Crippen LogP contribution in [-0.4, -0.2) is 32.1 Å². The summed E-state index contributed by atoms with van der Waals surface area (Å²) in [6.45, 7) is 3.89. The van der Waals surface area contributed by atoms with E-state index >= 15 is 0 Å². The molecule has 0 amide bonds. The topological polar surface area (TPSA) is 12.5 Å². The van der Waals surface area contributed by atoms with Crippen LogP contribution in [0.5, 0.6) is 5.75 Å². The van der Waals surface area contributed by atoms with Gasteiger partial charge in [0.2, 0.25) is 0 Å². The van der Waals surface area contributed by atoms with Gasteiger partial charge in [-0.1, -0.05) is 49.4 Å². The maximum Gasteiger partial charge on any atom is 0.119 e. The third-order valence-corrected chi connectivity index (χ3v) is 3.70. The summed E-state index contributed by atoms with van der Waals surface area (Å²) in [5.41, 5.74) is 2.73. The quantitative estimate of drug-likeness (QED) is 0.756. The second-order valence-electron chi connectivity index (χ2n) is 5.59. The van der Waals surface area contributed by atoms with Gasteiger partial charge in [-0.25, -0.2) is 0 Å². The smallest absolute Gasteiger partial charge is 0.119 e. The second kappa shape index (κ2) is 7.84. The molecule has 21 heavy (non-hydrogen) atoms. The van der Waals surface area contributed by atoms with Gasteiger partial charge >= 0.3 is 0 Å². The average molecular weight is 283 g/mol. The molecule has 0 saturated carbocycles. The summed E-state index contributed by atoms with van der Waals surface area (Å²) in [7, 11) is 4.11. The van der Waals surface area contributed by atoms with Gasteiger partial charge in [-0.2, -0.15) is 0 Å². The Balaban J connectivity index is 2.03. The Bertz CT molecular complexity index is 519. The van der Waals surface area contributed by atoms with Crippen molar-refractivity contribution in [3.05, 3.63) is 65.7 Å². The monoisotopic (exact) mass is 283 g/mol. The van der Waals surface area contributed by atoms with Crippen LogP contribution in [0.1, 0.15) is 30.4 Å². The van der Waals surface area contributed by atoms with Crippen molar-refractivity contribution in [2.24, 2.45) is 0 Å². The summed E-state index contributed by atoms with van der Waals surface area (Å²) in [5.74, 6) is 1.41. The third kappa shape index (κ3) is 4.61. The number of rotatable bonds is 7. The number of benzene rings is 2. The molecule has 0 saturated heterocycles. The van der Waals surface area contributed by atoms with Crippen molar-refractivity contribution in [3.63, 3.8) is 0 Å². The third-order valence-electron chi connectivity index (χ3n) is 3.70. The Hall–Kier alpha value is -1.80. The van der Waals surface area contributed by atoms with Crippen LogP contribution in [0.15, 0.2) is 54.6 Å². The van der Waals surface area contributed by atoms with E-state index < -0.39 is 0 Å². The molecule has 0 N–H and O–H groups in total. The predicted octanol–water partition coefficient (Wildman–Crippen LogP) is 4.17. The summed E-state index contributed by atoms with van der Waals surface area (Å²) >= 11 is 0. The molecule has 0 aromatic heterocycles. The molecule has 112 valence electrons. The van der Waals surface area contributed by atoms with Gasteiger partial charge in [-0.05, 0) is 43.8 Å². The highest BCUT2D eigenvalue weighted by molar-refractivity contribution is 5.35. The molecule has 2 rings (SSSR count). The fourth-order valence-electron chi connectivity index (χ4n) is 2.49. The molecule has 0 aliphatic heterocycles. The minimum absolute atomic E-state index is 0.460. The number of hydrogen-bond donors (Lipinski definition) is 0. The molecule has 0 heterocycles. The molecule has 0 aliphatic rings. The van der Waals surface area contributed by atoms with Crippen LogP contribution >= 0.6 is 0 Å². The minimum Gasteiger partial charge on any atom is -0.492 e. The largest absolute Gasteiger partial charge is 0.492 e. The van der Waals surface area contributed by atoms with Crippen molar-refractivity contribution in [1.29, 1.82) is 0 Å². The molecule has 0 aliphatic carbocycles. The summed E-state index contributed by atoms with van der Waals surface area (Å²) in [6, 6.07) is 19.2. The zero-order valence-electron chi connectivity index (χ0n) is 13.3. The number of likely N-dealkylation sites (N-methyl/N-ethyl adjacent to an activating group) is 1. The molecule has 0 fully saturated rings. The molecule has 1 unspecified atom stereocenters. The Kier molecular flexibility index (Phi) is 5.82. The van der Waals surface area contributed by atoms with Crippen molar-refractivity contribution >= 4 is 0 Å². The zero-order valence-corrected chi connectivity index (χ0v) is 13.3. The molecule has 2 aromatic carbocycles. The molecule has 2 heteroatoms. The summed E-state index contributed by atoms with van der Waals surface area (Å²) in [6.07, 6.45) is 1.10. The van der Waals surface area contributed by atoms with Crippen LogP contribution in [0.4, 0.5) is 0 Å². The van der Waals surface area contributed by atoms with Gasteiger partial charge < -0.3 is 9.64 Å². The van der Waals surface area contributed by atoms with Crippen LogP contribution in [0.3, 0.4) is 0 Å². The Morgan fingerprint density at radius 2 is 1.52 bits per heavy atom. The van der Waals surface area contributed by atoms with Crippen LogP contribution in [0.25, 0.3) is 0 Å². The van der Waals surface area contributed by atoms with Crippen LogP contribution in [0.2, 0.25) is 0 Å². The van der Waals surface area contributed by atoms with Gasteiger partial charge in [0.25, 0.3) is 0 Å². The van der Waals surface area contributed by atoms with Crippen molar-refractivity contribution in [3.8, 4) is 5.75 Å². The SMILES string of the molecule is CCC(c1ccccc1)c1ccc(OCCN(C)C)cc1. The molecule has 1 atom stereocenters. The normalized spacial score (nSPS) is 12.4. The van der Waals surface area contributed by atoms with Crippen LogP contribution < -0.4 is 4.74 Å². The average Bonchev–Trinajstić information content (AvgIpc) is 2.50. The van der Waals surface area contributed by atoms with Crippen molar-refractivity contribution in [2.75, 3.05) is 27.2 Å². The molecular weight excluding hydrogens is 258 g/mol. The van der Waals surface area contributed by atoms with E-state index in [1.807, 2.05) is 0 Å². The Morgan fingerprint density at radius 1 is 0.905 bits per heavy atom. The van der Waals surface area contributed by atoms with E-state index in [0.717, 1.165) is 25.3 Å². The summed E-state index contributed by atoms with van der Waals surface area (Å²) < 4.78 is 5.75. The first-order valence-corrected chi connectivity index (χ1v) is 7.63. The highest BCUT2D eigenvalue weighted by Crippen LogP contribution is 2.28. The molecule has 0 spiro atoms. The van der Waals surface area contributed by atoms with Crippen LogP contribution in [0, 0.1) is 0 Å². The van der Waals surface area contributed by atoms with E-state index in [2.05, 4.69) is 80.5 Å². The number of hydrogen-bond acceptors (Lipinski definition) is 2. The second-order valence-corrected chi connectivity index (χ2v) is 5.59. The maximum absolute atomic E-state index is 5.75. The van der Waals surface area contributed by atoms with Gasteiger partial charge in [-0.3, -0.25) is 0 Å². The van der Waals surface area contributed by atoms with Gasteiger partial charge in [0.15, 0.2) is 0 Å². The molecule has 2 aromatic rings. The van der Waals surface area contributed by atoms with E-state index in [1.54, 1.807) is 0 Å². The lowest BCUT2D eigenvalue weighted by Gasteiger charge is -2.17. The molecular formula is C19H25NO. The lowest BCUT2D eigenvalue weighted by atomic mass is 9.89. The van der Waals surface area contributed by atoms with Crippen molar-refractivity contribution in [2.45, 2.75) is 19.3 Å². The first kappa shape index (κ1) is 15.6. The van der Waals surface area contributed by atoms with Crippen molar-refractivity contribution in [1.82, 2.24) is 4.90 Å². The lowest BCUT2D eigenvalue weighted by Crippen LogP contribution is -2.19. The van der Waals surface area contributed by atoms with Gasteiger partial charge in [0, 0.05) is 12.5 Å². The van der Waals surface area contributed by atoms with Gasteiger partial charge in [0.1, 0.15) is 12.4 Å². The molecule has 0 radical (unpaired) electrons. The first-order valence-electron chi connectivity index (χ1n) is 7.63. The van der Waals surface area contributed by atoms with E-state index in [9.17, 15) is 0 Å². The summed E-state index contributed by atoms with van der Waals surface area (Å²) in [5, 5.41) is 0. The Labute approximate surface area is 128 Å². The first-order chi connectivity index (χ1) is 10.2. The fraction of sp³-hybridized carbons (Fsp3) is 0.368. The molecule has 2 nitrogen and oxygen atoms in total. The van der Waals surface area contributed by atoms with Crippen molar-refractivity contribution < 1.29 is 4.74 Å². The fourth-order valence-corrected chi connectivity index (χ4v) is 2.49. The molecule has 0 bridgehead atoms. The predicted molar refractivity (Wildman–Crippen MR) is 89.1 cm³/mol. The zero-order chi connectivity index (χ0) is 15.1. The standard InChI is InChI=1S/C19H25NO/c1-4-19(16-8-6-5-7-9-16)17-10-12-18(13-11-17)21-15-14-20(2)3/h5-13,19H,4,14-15H2,1-3H3. The maximum atomic E-state index is 5.75. The van der Waals surface area contributed by atoms with E-state index in [-0.39, 0.29) is 0 Å². The van der Waals surface area contributed by atoms with Crippen LogP contribution in [-0.2, 0) is 0 Å². The van der Waals surface area contributed by atoms with Gasteiger partial charge in [0.05, 0.1) is 0 Å². The van der Waals surface area contributed by atoms with E-state index in [1.165, 1.54) is 11.1 Å². The highest BCUT2D eigenvalue weighted by atomic mass is 16.5. The number of nitrogens with zero attached hydrogens (tertiary/aromatic N) is 1. The minimum atomic E-state index is 0.460.